The van der Waals surface area contributed by atoms with Gasteiger partial charge in [-0.25, -0.2) is 0 Å². The van der Waals surface area contributed by atoms with Crippen molar-refractivity contribution in [2.24, 2.45) is 10.8 Å². The van der Waals surface area contributed by atoms with Gasteiger partial charge in [0.1, 0.15) is 31.1 Å². The van der Waals surface area contributed by atoms with Gasteiger partial charge < -0.3 is 18.1 Å². The number of hydrogen-bond acceptors (Lipinski definition) is 9. The van der Waals surface area contributed by atoms with Crippen LogP contribution in [0.25, 0.3) is 0 Å². The molecule has 0 saturated heterocycles. The molecule has 0 heterocycles. The topological polar surface area (TPSA) is 78.9 Å². The maximum absolute atomic E-state index is 14.3. The molecule has 11 heteroatoms. The van der Waals surface area contributed by atoms with Gasteiger partial charge in [0.25, 0.3) is 0 Å². The molecule has 48 heavy (non-hydrogen) atoms. The zero-order valence-corrected chi connectivity index (χ0v) is 35.6. The van der Waals surface area contributed by atoms with Crippen LogP contribution in [0.15, 0.2) is 24.3 Å². The predicted molar refractivity (Wildman–Crippen MR) is 203 cm³/mol. The van der Waals surface area contributed by atoms with Gasteiger partial charge in [-0.2, -0.15) is 10.1 Å². The zero-order chi connectivity index (χ0) is 37.5. The lowest BCUT2D eigenvalue weighted by atomic mass is 9.94. The van der Waals surface area contributed by atoms with E-state index in [1.54, 1.807) is 0 Å². The van der Waals surface area contributed by atoms with E-state index in [9.17, 15) is 4.57 Å². The first-order chi connectivity index (χ1) is 21.7. The van der Waals surface area contributed by atoms with Gasteiger partial charge in [0.15, 0.2) is 0 Å². The highest BCUT2D eigenvalue weighted by molar-refractivity contribution is 7.65. The second-order valence-electron chi connectivity index (χ2n) is 16.6. The minimum Gasteiger partial charge on any atom is -0.337 e. The zero-order valence-electron chi connectivity index (χ0n) is 33.8. The SMILES string of the molecule is C=P(OCC)(OCC)C(N(OC(C)c1ccc(C(C)ON(C(C(C)(C)C)P(=O)(OCC)OCC)C(C)(C)C)cc1)C(C)(C)C)C(C)(C)C. The molecule has 4 atom stereocenters. The minimum atomic E-state index is -3.58. The first-order valence-electron chi connectivity index (χ1n) is 17.7. The molecule has 0 aliphatic carbocycles. The van der Waals surface area contributed by atoms with Gasteiger partial charge in [-0.1, -0.05) is 65.8 Å². The summed E-state index contributed by atoms with van der Waals surface area (Å²) in [6, 6.07) is 8.30. The quantitative estimate of drug-likeness (QED) is 0.109. The van der Waals surface area contributed by atoms with E-state index in [0.717, 1.165) is 11.1 Å². The van der Waals surface area contributed by atoms with Gasteiger partial charge in [-0.3, -0.25) is 14.2 Å². The fourth-order valence-corrected chi connectivity index (χ4v) is 11.7. The van der Waals surface area contributed by atoms with Crippen molar-refractivity contribution in [2.75, 3.05) is 26.4 Å². The van der Waals surface area contributed by atoms with Crippen molar-refractivity contribution in [3.8, 4) is 0 Å². The van der Waals surface area contributed by atoms with Gasteiger partial charge in [-0.15, -0.1) is 0 Å². The van der Waals surface area contributed by atoms with Crippen LogP contribution >= 0.6 is 14.9 Å². The summed E-state index contributed by atoms with van der Waals surface area (Å²) in [4.78, 5) is 13.6. The normalized spacial score (nSPS) is 16.8. The van der Waals surface area contributed by atoms with Crippen LogP contribution in [0.2, 0.25) is 0 Å². The summed E-state index contributed by atoms with van der Waals surface area (Å²) in [6.45, 7) is 38.5. The fraction of sp³-hybridized carbons (Fsp3) is 0.811. The summed E-state index contributed by atoms with van der Waals surface area (Å²) in [5.74, 6) is -0.862. The first kappa shape index (κ1) is 45.5. The highest BCUT2D eigenvalue weighted by Gasteiger charge is 2.52. The third-order valence-electron chi connectivity index (χ3n) is 7.72. The molecule has 0 aliphatic rings. The molecule has 0 fully saturated rings. The standard InChI is InChI=1S/C37H72N2O7P2/c1-20-41-47(19,42-21-2)32(34(7,8)9)38(36(13,14)15)45-28(5)30-24-26-31(27-25-30)29(6)46-39(37(16,17)18)33(35(10,11)12)48(40,43-22-3)44-23-4/h24-29,32-33H,19-23H2,1-18H3. The van der Waals surface area contributed by atoms with Gasteiger partial charge in [0, 0.05) is 11.1 Å². The molecule has 1 aromatic carbocycles. The highest BCUT2D eigenvalue weighted by Crippen LogP contribution is 2.62. The lowest BCUT2D eigenvalue weighted by Crippen LogP contribution is -2.53. The van der Waals surface area contributed by atoms with E-state index in [1.807, 2.05) is 60.5 Å². The molecular formula is C37H72N2O7P2. The molecule has 0 amide bonds. The Bertz CT molecular complexity index is 1080. The average Bonchev–Trinajstić information content (AvgIpc) is 2.90. The number of hydroxylamine groups is 4. The van der Waals surface area contributed by atoms with Crippen LogP contribution in [0.4, 0.5) is 0 Å². The smallest absolute Gasteiger partial charge is 0.337 e. The van der Waals surface area contributed by atoms with Crippen molar-refractivity contribution >= 4 is 21.2 Å². The molecule has 9 nitrogen and oxygen atoms in total. The Balaban J connectivity index is 3.50. The monoisotopic (exact) mass is 718 g/mol. The highest BCUT2D eigenvalue weighted by atomic mass is 31.2. The third-order valence-corrected chi connectivity index (χ3v) is 13.7. The van der Waals surface area contributed by atoms with Crippen LogP contribution in [0, 0.1) is 10.8 Å². The van der Waals surface area contributed by atoms with Crippen LogP contribution in [-0.2, 0) is 32.3 Å². The Hall–Kier alpha value is -0.570. The lowest BCUT2D eigenvalue weighted by molar-refractivity contribution is -0.265. The van der Waals surface area contributed by atoms with Crippen molar-refractivity contribution in [1.29, 1.82) is 0 Å². The van der Waals surface area contributed by atoms with E-state index in [-0.39, 0.29) is 42.2 Å². The van der Waals surface area contributed by atoms with E-state index >= 15 is 0 Å². The maximum atomic E-state index is 14.3. The van der Waals surface area contributed by atoms with E-state index in [2.05, 4.69) is 105 Å². The Morgan fingerprint density at radius 2 is 0.875 bits per heavy atom. The number of nitrogens with zero attached hydrogens (tertiary/aromatic N) is 2. The Morgan fingerprint density at radius 1 is 0.583 bits per heavy atom. The second-order valence-corrected chi connectivity index (χ2v) is 21.1. The molecule has 4 unspecified atom stereocenters. The molecule has 282 valence electrons. The summed E-state index contributed by atoms with van der Waals surface area (Å²) >= 11 is 0. The maximum Gasteiger partial charge on any atom is 0.350 e. The van der Waals surface area contributed by atoms with Gasteiger partial charge >= 0.3 is 7.60 Å². The fourth-order valence-electron chi connectivity index (χ4n) is 5.88. The van der Waals surface area contributed by atoms with Crippen LogP contribution in [0.3, 0.4) is 0 Å². The van der Waals surface area contributed by atoms with Gasteiger partial charge in [0.2, 0.25) is 0 Å². The lowest BCUT2D eigenvalue weighted by Gasteiger charge is -2.51. The molecule has 1 rings (SSSR count). The summed E-state index contributed by atoms with van der Waals surface area (Å²) in [7, 11) is -6.18. The summed E-state index contributed by atoms with van der Waals surface area (Å²) in [6.07, 6.45) is 3.94. The summed E-state index contributed by atoms with van der Waals surface area (Å²) in [5, 5.41) is 3.90. The van der Waals surface area contributed by atoms with Crippen LogP contribution < -0.4 is 0 Å². The Labute approximate surface area is 295 Å². The van der Waals surface area contributed by atoms with Crippen molar-refractivity contribution in [3.63, 3.8) is 0 Å². The molecule has 0 bridgehead atoms. The Kier molecular flexibility index (Phi) is 16.8. The molecule has 1 aromatic rings. The molecule has 0 saturated carbocycles. The molecule has 0 spiro atoms. The van der Waals surface area contributed by atoms with E-state index in [0.29, 0.717) is 13.2 Å². The van der Waals surface area contributed by atoms with E-state index in [1.165, 1.54) is 0 Å². The van der Waals surface area contributed by atoms with Crippen molar-refractivity contribution in [3.05, 3.63) is 35.4 Å². The number of rotatable bonds is 18. The average molecular weight is 719 g/mol. The van der Waals surface area contributed by atoms with Crippen molar-refractivity contribution in [2.45, 2.75) is 159 Å². The molecular weight excluding hydrogens is 646 g/mol. The van der Waals surface area contributed by atoms with Crippen molar-refractivity contribution in [1.82, 2.24) is 10.1 Å². The summed E-state index contributed by atoms with van der Waals surface area (Å²) < 4.78 is 38.7. The van der Waals surface area contributed by atoms with Crippen LogP contribution in [0.1, 0.15) is 148 Å². The number of benzene rings is 1. The minimum absolute atomic E-state index is 0.219. The van der Waals surface area contributed by atoms with E-state index in [4.69, 9.17) is 27.8 Å². The van der Waals surface area contributed by atoms with E-state index < -0.39 is 31.7 Å². The summed E-state index contributed by atoms with van der Waals surface area (Å²) in [5.41, 5.74) is 0.395. The molecule has 0 aromatic heterocycles. The second kappa shape index (κ2) is 17.8. The van der Waals surface area contributed by atoms with Gasteiger partial charge in [-0.05, 0) is 111 Å². The molecule has 0 radical (unpaired) electrons. The molecule has 0 aliphatic heterocycles. The number of hydrogen-bond donors (Lipinski definition) is 0. The van der Waals surface area contributed by atoms with Crippen LogP contribution in [-0.4, -0.2) is 65.5 Å². The first-order valence-corrected chi connectivity index (χ1v) is 21.2. The largest absolute Gasteiger partial charge is 0.350 e. The Morgan fingerprint density at radius 3 is 1.12 bits per heavy atom. The third kappa shape index (κ3) is 12.3. The van der Waals surface area contributed by atoms with Crippen LogP contribution in [0.5, 0.6) is 0 Å². The molecule has 0 N–H and O–H groups in total. The van der Waals surface area contributed by atoms with Crippen molar-refractivity contribution < 1.29 is 32.3 Å². The predicted octanol–water partition coefficient (Wildman–Crippen LogP) is 11.2. The van der Waals surface area contributed by atoms with Gasteiger partial charge in [0.05, 0.1) is 26.4 Å².